The van der Waals surface area contributed by atoms with Crippen LogP contribution in [0.4, 0.5) is 0 Å². The predicted molar refractivity (Wildman–Crippen MR) is 189 cm³/mol. The van der Waals surface area contributed by atoms with Gasteiger partial charge in [0.15, 0.2) is 6.29 Å². The molecule has 244 valence electrons. The van der Waals surface area contributed by atoms with Crippen LogP contribution in [0.3, 0.4) is 0 Å². The van der Waals surface area contributed by atoms with Crippen LogP contribution < -0.4 is 0 Å². The number of hydrogen-bond acceptors (Lipinski definition) is 9. The molecule has 0 saturated carbocycles. The number of aliphatic hydroxyl groups is 3. The molecule has 3 fully saturated rings. The topological polar surface area (TPSA) is 97.6 Å². The van der Waals surface area contributed by atoms with Crippen molar-refractivity contribution in [2.45, 2.75) is 125 Å². The highest BCUT2D eigenvalue weighted by atomic mass is 32.1. The van der Waals surface area contributed by atoms with E-state index in [0.717, 1.165) is 6.42 Å². The fourth-order valence-electron chi connectivity index (χ4n) is 5.88. The zero-order valence-electron chi connectivity index (χ0n) is 30.9. The van der Waals surface area contributed by atoms with Gasteiger partial charge in [-0.05, 0) is 34.8 Å². The van der Waals surface area contributed by atoms with Gasteiger partial charge in [0.1, 0.15) is 0 Å². The predicted octanol–water partition coefficient (Wildman–Crippen LogP) is 3.98. The van der Waals surface area contributed by atoms with Gasteiger partial charge >= 0.3 is 0 Å². The Morgan fingerprint density at radius 3 is 1.66 bits per heavy atom. The second kappa shape index (κ2) is 22.0. The van der Waals surface area contributed by atoms with E-state index < -0.39 is 0 Å². The van der Waals surface area contributed by atoms with Gasteiger partial charge in [0.25, 0.3) is 0 Å². The van der Waals surface area contributed by atoms with Gasteiger partial charge in [0.05, 0.1) is 55.9 Å². The SMILES string of the molecule is [2H]B(P)S.[2H]B(P)S.[3H]OCC1OC(C)C(C)C(O)C1C.[3H]OCC1OC(C)C(C)C(OC2OC(CC)C(C)C(C)C2C)C1C. The zero-order chi connectivity index (χ0) is 35.2. The summed E-state index contributed by atoms with van der Waals surface area (Å²) in [5.41, 5.74) is 0. The number of ether oxygens (including phenoxy) is 4. The molecular formula is C28H62B2O7P2S2. The Bertz CT molecular complexity index is 770. The molecule has 0 aliphatic carbocycles. The van der Waals surface area contributed by atoms with Gasteiger partial charge in [-0.15, -0.1) is 0 Å². The molecule has 3 N–H and O–H groups in total. The normalized spacial score (nSPS) is 45.4. The lowest BCUT2D eigenvalue weighted by atomic mass is 9.78. The summed E-state index contributed by atoms with van der Waals surface area (Å²) in [6.07, 6.45) is 0.0612. The summed E-state index contributed by atoms with van der Waals surface area (Å²) in [6, 6.07) is 0. The summed E-state index contributed by atoms with van der Waals surface area (Å²) in [5, 5.41) is 18.7. The van der Waals surface area contributed by atoms with Crippen LogP contribution in [-0.2, 0) is 18.9 Å². The Labute approximate surface area is 274 Å². The van der Waals surface area contributed by atoms with Gasteiger partial charge < -0.3 is 34.3 Å². The molecule has 3 heterocycles. The van der Waals surface area contributed by atoms with Crippen molar-refractivity contribution >= 4 is 55.7 Å². The Hall–Kier alpha value is 1.41. The van der Waals surface area contributed by atoms with Crippen molar-refractivity contribution in [3.8, 4) is 0 Å². The molecule has 0 aromatic rings. The van der Waals surface area contributed by atoms with Gasteiger partial charge in [-0.1, -0.05) is 55.4 Å². The molecule has 0 radical (unpaired) electrons. The minimum Gasteiger partial charge on any atom is -0.394 e. The van der Waals surface area contributed by atoms with E-state index in [4.69, 9.17) is 24.5 Å². The smallest absolute Gasteiger partial charge is 0.210 e. The lowest BCUT2D eigenvalue weighted by Gasteiger charge is -2.48. The Morgan fingerprint density at radius 1 is 0.732 bits per heavy atom. The Balaban J connectivity index is 0.000000767. The first-order chi connectivity index (χ1) is 20.8. The third-order valence-corrected chi connectivity index (χ3v) is 9.55. The second-order valence-corrected chi connectivity index (χ2v) is 14.3. The van der Waals surface area contributed by atoms with E-state index in [9.17, 15) is 5.11 Å². The van der Waals surface area contributed by atoms with Crippen molar-refractivity contribution in [1.29, 1.82) is 5.53 Å². The molecule has 0 amide bonds. The highest BCUT2D eigenvalue weighted by molar-refractivity contribution is 8.20. The zero-order valence-corrected chi connectivity index (χ0v) is 31.0. The average Bonchev–Trinajstić information content (AvgIpc) is 2.95. The fraction of sp³-hybridized carbons (Fsp3) is 1.00. The molecule has 17 atom stereocenters. The van der Waals surface area contributed by atoms with Crippen molar-refractivity contribution in [1.82, 2.24) is 0 Å². The quantitative estimate of drug-likeness (QED) is 0.160. The molecule has 0 bridgehead atoms. The number of thiol groups is 2. The molecule has 3 rings (SSSR count). The molecule has 41 heavy (non-hydrogen) atoms. The first kappa shape index (κ1) is 35.3. The van der Waals surface area contributed by atoms with E-state index in [0.29, 0.717) is 17.8 Å². The fourth-order valence-corrected chi connectivity index (χ4v) is 5.88. The van der Waals surface area contributed by atoms with E-state index >= 15 is 0 Å². The van der Waals surface area contributed by atoms with Crippen LogP contribution in [-0.4, -0.2) is 95.6 Å². The summed E-state index contributed by atoms with van der Waals surface area (Å²) in [5.74, 6) is 2.14. The van der Waals surface area contributed by atoms with Gasteiger partial charge in [-0.3, -0.25) is 0 Å². The van der Waals surface area contributed by atoms with Gasteiger partial charge in [0.2, 0.25) is 15.3 Å². The van der Waals surface area contributed by atoms with Crippen LogP contribution in [0.5, 0.6) is 0 Å². The van der Waals surface area contributed by atoms with E-state index in [1.807, 2.05) is 20.8 Å². The van der Waals surface area contributed by atoms with Crippen molar-refractivity contribution in [2.24, 2.45) is 41.4 Å². The molecular weight excluding hydrogens is 596 g/mol. The van der Waals surface area contributed by atoms with Gasteiger partial charge in [-0.25, -0.2) is 25.0 Å². The highest BCUT2D eigenvalue weighted by Gasteiger charge is 2.45. The Kier molecular flexibility index (Phi) is 18.9. The third kappa shape index (κ3) is 12.6. The van der Waals surface area contributed by atoms with Crippen LogP contribution in [0, 0.1) is 41.4 Å². The summed E-state index contributed by atoms with van der Waals surface area (Å²) >= 11 is 7.19. The first-order valence-electron chi connectivity index (χ1n) is 17.0. The minimum absolute atomic E-state index is 0.0337. The van der Waals surface area contributed by atoms with Crippen LogP contribution in [0.15, 0.2) is 0 Å². The van der Waals surface area contributed by atoms with Crippen molar-refractivity contribution in [3.05, 3.63) is 0 Å². The molecule has 0 aromatic carbocycles. The monoisotopic (exact) mass is 664 g/mol. The molecule has 17 unspecified atom stereocenters. The van der Waals surface area contributed by atoms with Crippen molar-refractivity contribution < 1.29 is 34.3 Å². The van der Waals surface area contributed by atoms with Crippen LogP contribution >= 0.6 is 43.2 Å². The lowest BCUT2D eigenvalue weighted by molar-refractivity contribution is -0.297. The molecule has 0 spiro atoms. The summed E-state index contributed by atoms with van der Waals surface area (Å²) < 4.78 is 51.0. The maximum atomic E-state index is 9.82. The maximum absolute atomic E-state index is 9.82. The van der Waals surface area contributed by atoms with Crippen molar-refractivity contribution in [3.63, 3.8) is 0 Å². The largest absolute Gasteiger partial charge is 0.394 e. The molecule has 3 saturated heterocycles. The second-order valence-electron chi connectivity index (χ2n) is 11.9. The standard InChI is InChI=1S/C19H36O4.C9H18O3.2BH4PS/c1-8-16-11(3)10(2)12(4)19(22-16)23-18-13(5)15(7)21-17(9-20)14(18)6;1-5-7(3)12-8(4-10)6(2)9(5)11;2*2-1-3/h10-20H,8-9H2,1-7H3;5-11H,4H2,1-3H3;2*1,3H,2H2/i20T;10T;2*1D. The van der Waals surface area contributed by atoms with E-state index in [2.05, 4.69) is 102 Å². The molecule has 13 heteroatoms. The molecule has 7 nitrogen and oxygen atoms in total. The molecule has 3 aliphatic rings. The van der Waals surface area contributed by atoms with Crippen LogP contribution in [0.25, 0.3) is 0 Å². The summed E-state index contributed by atoms with van der Waals surface area (Å²) in [6.45, 7) is 21.8. The first-order valence-corrected chi connectivity index (χ1v) is 17.4. The summed E-state index contributed by atoms with van der Waals surface area (Å²) in [4.78, 5) is 0. The van der Waals surface area contributed by atoms with Gasteiger partial charge in [0, 0.05) is 29.6 Å². The highest BCUT2D eigenvalue weighted by Crippen LogP contribution is 2.40. The van der Waals surface area contributed by atoms with E-state index in [1.54, 1.807) is 0 Å². The molecule has 0 aromatic heterocycles. The average molecular weight is 665 g/mol. The van der Waals surface area contributed by atoms with Crippen molar-refractivity contribution in [2.75, 3.05) is 13.2 Å². The van der Waals surface area contributed by atoms with Crippen LogP contribution in [0.2, 0.25) is 0 Å². The third-order valence-electron chi connectivity index (χ3n) is 9.55. The lowest BCUT2D eigenvalue weighted by Crippen LogP contribution is -2.54. The maximum Gasteiger partial charge on any atom is 0.210 e. The number of rotatable bonds is 7. The van der Waals surface area contributed by atoms with Gasteiger partial charge in [-0.2, -0.15) is 18.2 Å². The van der Waals surface area contributed by atoms with E-state index in [-0.39, 0.29) is 98.4 Å². The Morgan fingerprint density at radius 2 is 1.20 bits per heavy atom. The molecule has 3 aliphatic heterocycles. The number of hydrogen-bond donors (Lipinski definition) is 5. The number of aliphatic hydroxyl groups excluding tert-OH is 3. The minimum atomic E-state index is -0.358. The summed E-state index contributed by atoms with van der Waals surface area (Å²) in [7, 11) is 4.38. The van der Waals surface area contributed by atoms with E-state index in [1.165, 1.54) is 0 Å². The van der Waals surface area contributed by atoms with Crippen LogP contribution in [0.1, 0.15) is 75.7 Å².